The Labute approximate surface area is 400 Å². The number of methoxy groups -OCH3 is 2. The number of carbonyl (C=O) groups excluding carboxylic acids is 2. The van der Waals surface area contributed by atoms with Gasteiger partial charge in [-0.2, -0.15) is 9.97 Å². The van der Waals surface area contributed by atoms with Crippen molar-refractivity contribution in [3.8, 4) is 0 Å². The highest BCUT2D eigenvalue weighted by atomic mass is 127. The van der Waals surface area contributed by atoms with E-state index in [0.717, 1.165) is 0 Å². The number of nitrogens with one attached hydrogen (secondary N) is 4. The fourth-order valence-corrected chi connectivity index (χ4v) is 10.2. The summed E-state index contributed by atoms with van der Waals surface area (Å²) in [6, 6.07) is 0. The van der Waals surface area contributed by atoms with Gasteiger partial charge in [-0.3, -0.25) is 48.9 Å². The summed E-state index contributed by atoms with van der Waals surface area (Å²) in [5.74, 6) is -0.982. The minimum atomic E-state index is -2.22. The molecule has 8 atom stereocenters. The summed E-state index contributed by atoms with van der Waals surface area (Å²) in [7, 11) is -1.14. The van der Waals surface area contributed by atoms with Crippen molar-refractivity contribution in [2.24, 2.45) is 11.8 Å². The summed E-state index contributed by atoms with van der Waals surface area (Å²) in [5, 5.41) is 15.3. The number of imidazole rings is 2. The van der Waals surface area contributed by atoms with Gasteiger partial charge < -0.3 is 32.9 Å². The van der Waals surface area contributed by atoms with E-state index < -0.39 is 64.6 Å². The molecule has 368 valence electrons. The first-order valence-corrected chi connectivity index (χ1v) is 29.4. The van der Waals surface area contributed by atoms with Crippen molar-refractivity contribution in [1.82, 2.24) is 39.0 Å². The zero-order chi connectivity index (χ0) is 49.4. The van der Waals surface area contributed by atoms with Crippen molar-refractivity contribution >= 4 is 85.3 Å². The van der Waals surface area contributed by atoms with Crippen LogP contribution in [0, 0.1) is 11.8 Å². The first kappa shape index (κ1) is 53.5. The van der Waals surface area contributed by atoms with E-state index in [-0.39, 0.29) is 81.1 Å². The molecule has 6 rings (SSSR count). The van der Waals surface area contributed by atoms with Crippen LogP contribution >= 0.6 is 22.6 Å². The van der Waals surface area contributed by atoms with Crippen LogP contribution < -0.4 is 21.8 Å². The van der Waals surface area contributed by atoms with Gasteiger partial charge in [-0.25, -0.2) is 9.97 Å². The molecular formula is C42H69IN10O11Si2. The molecule has 2 aliphatic heterocycles. The van der Waals surface area contributed by atoms with E-state index in [9.17, 15) is 24.3 Å². The van der Waals surface area contributed by atoms with E-state index >= 15 is 0 Å². The largest absolute Gasteiger partial charge is 0.408 e. The Morgan fingerprint density at radius 2 is 1.09 bits per heavy atom. The third kappa shape index (κ3) is 11.2. The first-order chi connectivity index (χ1) is 30.6. The molecule has 0 aromatic carbocycles. The Kier molecular flexibility index (Phi) is 16.7. The topological polar surface area (TPSA) is 261 Å². The van der Waals surface area contributed by atoms with E-state index in [2.05, 4.69) is 131 Å². The number of alkyl halides is 1. The van der Waals surface area contributed by atoms with E-state index in [1.165, 1.54) is 12.7 Å². The van der Waals surface area contributed by atoms with Crippen LogP contribution in [-0.4, -0.2) is 134 Å². The van der Waals surface area contributed by atoms with Crippen molar-refractivity contribution in [3.63, 3.8) is 0 Å². The third-order valence-electron chi connectivity index (χ3n) is 12.9. The number of amides is 2. The number of hydrogen-bond acceptors (Lipinski definition) is 15. The number of H-pyrrole nitrogens is 2. The lowest BCUT2D eigenvalue weighted by Gasteiger charge is -2.40. The number of aliphatic hydroxyl groups is 1. The second-order valence-electron chi connectivity index (χ2n) is 20.3. The maximum Gasteiger partial charge on any atom is 0.280 e. The third-order valence-corrected chi connectivity index (χ3v) is 22.7. The van der Waals surface area contributed by atoms with Crippen molar-refractivity contribution in [3.05, 3.63) is 33.4 Å². The van der Waals surface area contributed by atoms with Crippen molar-refractivity contribution < 1.29 is 42.5 Å². The molecule has 4 aromatic rings. The Bertz CT molecular complexity index is 2290. The smallest absolute Gasteiger partial charge is 0.280 e. The molecule has 2 unspecified atom stereocenters. The molecule has 5 N–H and O–H groups in total. The lowest BCUT2D eigenvalue weighted by molar-refractivity contribution is -0.119. The average Bonchev–Trinajstić information content (AvgIpc) is 3.99. The second kappa shape index (κ2) is 20.6. The number of carbonyl (C=O) groups is 2. The molecule has 21 nitrogen and oxygen atoms in total. The van der Waals surface area contributed by atoms with Gasteiger partial charge in [-0.05, 0) is 36.3 Å². The van der Waals surface area contributed by atoms with Crippen molar-refractivity contribution in [2.75, 3.05) is 35.9 Å². The van der Waals surface area contributed by atoms with Gasteiger partial charge in [-0.15, -0.1) is 0 Å². The molecule has 0 saturated carbocycles. The first-order valence-electron chi connectivity index (χ1n) is 22.1. The second-order valence-corrected chi connectivity index (χ2v) is 30.7. The van der Waals surface area contributed by atoms with Gasteiger partial charge in [-0.1, -0.05) is 91.8 Å². The number of fused-ring (bicyclic) bond motifs is 2. The van der Waals surface area contributed by atoms with Gasteiger partial charge in [0.15, 0.2) is 51.4 Å². The number of ether oxygens (including phenoxy) is 4. The summed E-state index contributed by atoms with van der Waals surface area (Å²) in [6.07, 6.45) is -0.996. The normalized spacial score (nSPS) is 24.1. The van der Waals surface area contributed by atoms with Crippen LogP contribution in [0.15, 0.2) is 22.2 Å². The number of aromatic nitrogens is 8. The highest BCUT2D eigenvalue weighted by Crippen LogP contribution is 2.44. The maximum atomic E-state index is 12.6. The molecule has 0 bridgehead atoms. The standard InChI is InChI=1S/C21H34IN5O5Si.C21H35N5O6Si/c1-11(2)17(28)25-20-24-16-13(18(29)26-20)23-10-27(16)19-15(30-6)14(12(9-22)31-19)32-33(7,8)21(3,4)5;1-11(2)17(28)24-20-23-16-13(18(29)25-20)22-10-26(16)19-15(30-6)14(12(9-27)31-19)32-33(7,8)21(3,4)5/h10-12,14-15,19H,9H2,1-8H3,(H2,24,25,26,28,29);10-12,14-15,19,27H,9H2,1-8H3,(H2,23,24,25,28,29)/t2*12-,14+,15?,19-/m11/s1. The van der Waals surface area contributed by atoms with E-state index in [4.69, 9.17) is 27.8 Å². The van der Waals surface area contributed by atoms with E-state index in [0.29, 0.717) is 10.1 Å². The summed E-state index contributed by atoms with van der Waals surface area (Å²) in [6.45, 7) is 28.4. The molecule has 6 heterocycles. The van der Waals surface area contributed by atoms with Gasteiger partial charge in [0.1, 0.15) is 30.5 Å². The van der Waals surface area contributed by atoms with Crippen LogP contribution in [0.1, 0.15) is 81.7 Å². The Morgan fingerprint density at radius 1 is 0.727 bits per heavy atom. The molecule has 2 amide bonds. The van der Waals surface area contributed by atoms with E-state index in [1.807, 2.05) is 0 Å². The fraction of sp³-hybridized carbons (Fsp3) is 0.714. The van der Waals surface area contributed by atoms with Gasteiger partial charge in [0.05, 0.1) is 25.4 Å². The molecule has 66 heavy (non-hydrogen) atoms. The summed E-state index contributed by atoms with van der Waals surface area (Å²) in [4.78, 5) is 71.8. The lowest BCUT2D eigenvalue weighted by atomic mass is 10.1. The molecule has 2 aliphatic rings. The molecular weight excluding hydrogens is 1000 g/mol. The summed E-state index contributed by atoms with van der Waals surface area (Å²) >= 11 is 2.29. The van der Waals surface area contributed by atoms with Gasteiger partial charge in [0.2, 0.25) is 23.7 Å². The number of halogens is 1. The summed E-state index contributed by atoms with van der Waals surface area (Å²) in [5.41, 5.74) is -0.123. The molecule has 2 fully saturated rings. The van der Waals surface area contributed by atoms with Crippen LogP contribution in [0.2, 0.25) is 36.3 Å². The predicted molar refractivity (Wildman–Crippen MR) is 263 cm³/mol. The molecule has 4 aromatic heterocycles. The van der Waals surface area contributed by atoms with Crippen molar-refractivity contribution in [1.29, 1.82) is 0 Å². The molecule has 0 radical (unpaired) electrons. The zero-order valence-corrected chi connectivity index (χ0v) is 45.1. The van der Waals surface area contributed by atoms with E-state index in [1.54, 1.807) is 51.0 Å². The van der Waals surface area contributed by atoms with Gasteiger partial charge >= 0.3 is 0 Å². The number of aliphatic hydroxyl groups excluding tert-OH is 1. The Balaban J connectivity index is 0.000000247. The molecule has 24 heteroatoms. The Hall–Kier alpha value is -3.48. The quantitative estimate of drug-likeness (QED) is 0.0597. The minimum absolute atomic E-state index is 0.0210. The molecule has 0 spiro atoms. The Morgan fingerprint density at radius 3 is 1.41 bits per heavy atom. The molecule has 0 aliphatic carbocycles. The van der Waals surface area contributed by atoms with Crippen LogP contribution in [-0.2, 0) is 37.4 Å². The van der Waals surface area contributed by atoms with Crippen LogP contribution in [0.5, 0.6) is 0 Å². The number of rotatable bonds is 14. The highest BCUT2D eigenvalue weighted by Gasteiger charge is 2.53. The van der Waals surface area contributed by atoms with Crippen LogP contribution in [0.25, 0.3) is 22.3 Å². The SMILES string of the molecule is COC1[C@@H](O[Si](C)(C)C(C)(C)C)[C@@H](CI)O[C@H]1n1cnc2c(=O)[nH]c(NC(=O)C(C)C)nc21.COC1[C@@H](O[Si](C)(C)C(C)(C)C)[C@@H](CO)O[C@H]1n1cnc2c(=O)[nH]c(NC(=O)C(C)C)nc21. The van der Waals surface area contributed by atoms with Crippen molar-refractivity contribution in [2.45, 2.75) is 155 Å². The van der Waals surface area contributed by atoms with Crippen LogP contribution in [0.4, 0.5) is 11.9 Å². The predicted octanol–water partition coefficient (Wildman–Crippen LogP) is 5.46. The number of anilines is 2. The number of hydrogen-bond donors (Lipinski definition) is 5. The maximum absolute atomic E-state index is 12.6. The minimum Gasteiger partial charge on any atom is -0.408 e. The monoisotopic (exact) mass is 1070 g/mol. The summed E-state index contributed by atoms with van der Waals surface area (Å²) < 4.78 is 41.5. The average molecular weight is 1070 g/mol. The highest BCUT2D eigenvalue weighted by molar-refractivity contribution is 14.1. The van der Waals surface area contributed by atoms with Gasteiger partial charge in [0.25, 0.3) is 11.1 Å². The van der Waals surface area contributed by atoms with Crippen LogP contribution in [0.3, 0.4) is 0 Å². The zero-order valence-electron chi connectivity index (χ0n) is 40.9. The number of aromatic amines is 2. The van der Waals surface area contributed by atoms with Gasteiger partial charge in [0, 0.05) is 30.5 Å². The number of nitrogens with zero attached hydrogens (tertiary/aromatic N) is 6. The fourth-order valence-electron chi connectivity index (χ4n) is 6.82. The molecule has 2 saturated heterocycles. The lowest BCUT2D eigenvalue weighted by Crippen LogP contribution is -2.50.